The first kappa shape index (κ1) is 14.2. The van der Waals surface area contributed by atoms with E-state index in [0.29, 0.717) is 0 Å². The van der Waals surface area contributed by atoms with E-state index < -0.39 is 6.10 Å². The summed E-state index contributed by atoms with van der Waals surface area (Å²) in [6.45, 7) is 0.204. The summed E-state index contributed by atoms with van der Waals surface area (Å²) in [5.41, 5.74) is 10.4. The van der Waals surface area contributed by atoms with Crippen LogP contribution in [-0.4, -0.2) is 17.6 Å². The van der Waals surface area contributed by atoms with Gasteiger partial charge in [-0.25, -0.2) is 0 Å². The maximum Gasteiger partial charge on any atom is 0.186 e. The number of fused-ring (bicyclic) bond motifs is 1. The molecule has 6 heteroatoms. The van der Waals surface area contributed by atoms with Gasteiger partial charge in [-0.1, -0.05) is 18.2 Å². The second-order valence-electron chi connectivity index (χ2n) is 3.47. The molecule has 0 bridgehead atoms. The normalized spacial score (nSPS) is 11.8. The highest BCUT2D eigenvalue weighted by atomic mass is 127. The Morgan fingerprint density at radius 1 is 1.35 bits per heavy atom. The molecule has 0 saturated carbocycles. The minimum Gasteiger partial charge on any atom is -0.386 e. The summed E-state index contributed by atoms with van der Waals surface area (Å²) in [5.74, 6) is 0.000149. The van der Waals surface area contributed by atoms with Crippen molar-refractivity contribution in [3.63, 3.8) is 0 Å². The van der Waals surface area contributed by atoms with Crippen LogP contribution in [0.1, 0.15) is 11.0 Å². The molecule has 4 nitrogen and oxygen atoms in total. The number of guanidine groups is 1. The first-order valence-electron chi connectivity index (χ1n) is 4.89. The van der Waals surface area contributed by atoms with E-state index in [0.717, 1.165) is 15.0 Å². The van der Waals surface area contributed by atoms with Crippen LogP contribution in [-0.2, 0) is 0 Å². The zero-order chi connectivity index (χ0) is 11.5. The van der Waals surface area contributed by atoms with E-state index in [2.05, 4.69) is 4.99 Å². The third-order valence-corrected chi connectivity index (χ3v) is 3.44. The number of hydrogen-bond donors (Lipinski definition) is 3. The van der Waals surface area contributed by atoms with Crippen molar-refractivity contribution >= 4 is 51.4 Å². The van der Waals surface area contributed by atoms with Gasteiger partial charge in [0.25, 0.3) is 0 Å². The van der Waals surface area contributed by atoms with Crippen molar-refractivity contribution in [1.82, 2.24) is 0 Å². The summed E-state index contributed by atoms with van der Waals surface area (Å²) >= 11 is 1.56. The van der Waals surface area contributed by atoms with Gasteiger partial charge in [-0.05, 0) is 17.5 Å². The van der Waals surface area contributed by atoms with Crippen LogP contribution >= 0.6 is 35.3 Å². The zero-order valence-corrected chi connectivity index (χ0v) is 12.2. The summed E-state index contributed by atoms with van der Waals surface area (Å²) in [7, 11) is 0. The highest BCUT2D eigenvalue weighted by Crippen LogP contribution is 2.29. The third kappa shape index (κ3) is 3.55. The fraction of sp³-hybridized carbons (Fsp3) is 0.182. The van der Waals surface area contributed by atoms with E-state index in [-0.39, 0.29) is 36.5 Å². The standard InChI is InChI=1S/C11H13N3OS.HI/c12-11(13)14-6-8(15)10-5-7-3-1-2-4-9(7)16-10;/h1-5,8,15H,6H2,(H4,12,13,14);1H. The predicted octanol–water partition coefficient (Wildman–Crippen LogP) is 1.83. The van der Waals surface area contributed by atoms with Gasteiger partial charge in [-0.3, -0.25) is 4.99 Å². The number of aliphatic hydroxyl groups excluding tert-OH is 1. The number of halogens is 1. The lowest BCUT2D eigenvalue weighted by molar-refractivity contribution is 0.191. The number of benzene rings is 1. The van der Waals surface area contributed by atoms with E-state index in [9.17, 15) is 5.11 Å². The van der Waals surface area contributed by atoms with Crippen molar-refractivity contribution in [2.45, 2.75) is 6.10 Å². The Morgan fingerprint density at radius 3 is 2.71 bits per heavy atom. The van der Waals surface area contributed by atoms with Crippen LogP contribution in [0.25, 0.3) is 10.1 Å². The number of thiophene rings is 1. The highest BCUT2D eigenvalue weighted by molar-refractivity contribution is 14.0. The van der Waals surface area contributed by atoms with Gasteiger partial charge < -0.3 is 16.6 Å². The number of hydrogen-bond acceptors (Lipinski definition) is 3. The molecule has 2 aromatic rings. The molecule has 0 amide bonds. The predicted molar refractivity (Wildman–Crippen MR) is 82.9 cm³/mol. The van der Waals surface area contributed by atoms with Gasteiger partial charge >= 0.3 is 0 Å². The molecule has 1 heterocycles. The lowest BCUT2D eigenvalue weighted by Crippen LogP contribution is -2.23. The summed E-state index contributed by atoms with van der Waals surface area (Å²) in [5, 5.41) is 11.0. The summed E-state index contributed by atoms with van der Waals surface area (Å²) in [6.07, 6.45) is -0.639. The Kier molecular flexibility index (Phi) is 5.16. The van der Waals surface area contributed by atoms with Crippen molar-refractivity contribution in [1.29, 1.82) is 0 Å². The maximum absolute atomic E-state index is 9.86. The van der Waals surface area contributed by atoms with Gasteiger partial charge in [-0.15, -0.1) is 35.3 Å². The molecule has 0 aliphatic heterocycles. The maximum atomic E-state index is 9.86. The Bertz CT molecular complexity index is 489. The van der Waals surface area contributed by atoms with Crippen molar-refractivity contribution in [2.75, 3.05) is 6.54 Å². The molecule has 1 atom stereocenters. The molecule has 92 valence electrons. The molecule has 0 radical (unpaired) electrons. The Labute approximate surface area is 120 Å². The Balaban J connectivity index is 0.00000144. The van der Waals surface area contributed by atoms with Crippen LogP contribution in [0.5, 0.6) is 0 Å². The Hall–Kier alpha value is -0.860. The van der Waals surface area contributed by atoms with Crippen molar-refractivity contribution < 1.29 is 5.11 Å². The minimum absolute atomic E-state index is 0. The molecule has 0 saturated heterocycles. The molecule has 0 aliphatic rings. The van der Waals surface area contributed by atoms with Crippen molar-refractivity contribution in [3.05, 3.63) is 35.2 Å². The summed E-state index contributed by atoms with van der Waals surface area (Å²) in [4.78, 5) is 4.68. The summed E-state index contributed by atoms with van der Waals surface area (Å²) < 4.78 is 1.15. The molecular weight excluding hydrogens is 349 g/mol. The minimum atomic E-state index is -0.639. The van der Waals surface area contributed by atoms with Crippen LogP contribution < -0.4 is 11.5 Å². The van der Waals surface area contributed by atoms with Gasteiger partial charge in [-0.2, -0.15) is 0 Å². The second-order valence-corrected chi connectivity index (χ2v) is 4.58. The smallest absolute Gasteiger partial charge is 0.186 e. The lowest BCUT2D eigenvalue weighted by Gasteiger charge is -2.03. The van der Waals surface area contributed by atoms with E-state index in [1.54, 1.807) is 11.3 Å². The van der Waals surface area contributed by atoms with Gasteiger partial charge in [0.1, 0.15) is 6.10 Å². The van der Waals surface area contributed by atoms with Gasteiger partial charge in [0.05, 0.1) is 6.54 Å². The van der Waals surface area contributed by atoms with E-state index in [4.69, 9.17) is 11.5 Å². The number of nitrogens with zero attached hydrogens (tertiary/aromatic N) is 1. The topological polar surface area (TPSA) is 84.6 Å². The number of rotatable bonds is 3. The average Bonchev–Trinajstić information content (AvgIpc) is 2.69. The van der Waals surface area contributed by atoms with Gasteiger partial charge in [0.15, 0.2) is 5.96 Å². The second kappa shape index (κ2) is 6.18. The molecule has 2 rings (SSSR count). The molecule has 1 unspecified atom stereocenters. The average molecular weight is 363 g/mol. The largest absolute Gasteiger partial charge is 0.386 e. The van der Waals surface area contributed by atoms with Crippen LogP contribution in [0.2, 0.25) is 0 Å². The molecule has 1 aromatic heterocycles. The first-order chi connectivity index (χ1) is 7.66. The van der Waals surface area contributed by atoms with Crippen LogP contribution in [0.3, 0.4) is 0 Å². The molecule has 5 N–H and O–H groups in total. The van der Waals surface area contributed by atoms with Crippen LogP contribution in [0.15, 0.2) is 35.3 Å². The zero-order valence-electron chi connectivity index (χ0n) is 9.04. The SMILES string of the molecule is I.NC(N)=NCC(O)c1cc2ccccc2s1. The highest BCUT2D eigenvalue weighted by Gasteiger charge is 2.10. The van der Waals surface area contributed by atoms with Crippen molar-refractivity contribution in [2.24, 2.45) is 16.5 Å². The Morgan fingerprint density at radius 2 is 2.06 bits per heavy atom. The van der Waals surface area contributed by atoms with E-state index in [1.165, 1.54) is 0 Å². The molecule has 0 aliphatic carbocycles. The fourth-order valence-corrected chi connectivity index (χ4v) is 2.49. The van der Waals surface area contributed by atoms with E-state index in [1.807, 2.05) is 30.3 Å². The molecule has 1 aromatic carbocycles. The number of nitrogens with two attached hydrogens (primary N) is 2. The molecular formula is C11H14IN3OS. The fourth-order valence-electron chi connectivity index (χ4n) is 1.45. The summed E-state index contributed by atoms with van der Waals surface area (Å²) in [6, 6.07) is 9.96. The number of aliphatic imine (C=N–C) groups is 1. The quantitative estimate of drug-likeness (QED) is 0.442. The number of aliphatic hydroxyl groups is 1. The third-order valence-electron chi connectivity index (χ3n) is 2.22. The van der Waals surface area contributed by atoms with Crippen molar-refractivity contribution in [3.8, 4) is 0 Å². The van der Waals surface area contributed by atoms with Crippen LogP contribution in [0.4, 0.5) is 0 Å². The molecule has 0 fully saturated rings. The monoisotopic (exact) mass is 363 g/mol. The van der Waals surface area contributed by atoms with Crippen LogP contribution in [0, 0.1) is 0 Å². The first-order valence-corrected chi connectivity index (χ1v) is 5.70. The lowest BCUT2D eigenvalue weighted by atomic mass is 10.2. The van der Waals surface area contributed by atoms with E-state index >= 15 is 0 Å². The molecule has 17 heavy (non-hydrogen) atoms. The van der Waals surface area contributed by atoms with Gasteiger partial charge in [0.2, 0.25) is 0 Å². The van der Waals surface area contributed by atoms with Gasteiger partial charge in [0, 0.05) is 9.58 Å². The molecule has 0 spiro atoms.